The minimum atomic E-state index is 0.109. The number of hydrogen-bond donors (Lipinski definition) is 1. The highest BCUT2D eigenvalue weighted by Crippen LogP contribution is 2.27. The van der Waals surface area contributed by atoms with Crippen molar-refractivity contribution in [2.45, 2.75) is 37.8 Å². The van der Waals surface area contributed by atoms with Crippen molar-refractivity contribution < 1.29 is 4.79 Å². The van der Waals surface area contributed by atoms with Crippen LogP contribution in [0.15, 0.2) is 17.5 Å². The Morgan fingerprint density at radius 3 is 3.12 bits per heavy atom. The third-order valence-electron chi connectivity index (χ3n) is 3.92. The molecule has 3 rings (SSSR count). The summed E-state index contributed by atoms with van der Waals surface area (Å²) in [5.41, 5.74) is 0. The predicted octanol–water partition coefficient (Wildman–Crippen LogP) is 2.10. The van der Waals surface area contributed by atoms with Gasteiger partial charge in [-0.2, -0.15) is 0 Å². The first-order valence-electron chi connectivity index (χ1n) is 6.43. The SMILES string of the molecule is O=C(N[C@@H]1CCN2CCCC[C@H]12)c1cccs1. The maximum Gasteiger partial charge on any atom is 0.261 e. The molecule has 2 atom stereocenters. The van der Waals surface area contributed by atoms with Crippen molar-refractivity contribution in [2.75, 3.05) is 13.1 Å². The summed E-state index contributed by atoms with van der Waals surface area (Å²) >= 11 is 1.52. The number of amides is 1. The van der Waals surface area contributed by atoms with Gasteiger partial charge in [-0.05, 0) is 37.3 Å². The Morgan fingerprint density at radius 1 is 1.35 bits per heavy atom. The second kappa shape index (κ2) is 4.78. The molecule has 2 fully saturated rings. The molecule has 2 aliphatic heterocycles. The molecular weight excluding hydrogens is 232 g/mol. The number of nitrogens with one attached hydrogen (secondary N) is 1. The van der Waals surface area contributed by atoms with Crippen LogP contribution in [0.3, 0.4) is 0 Å². The average molecular weight is 250 g/mol. The molecule has 1 aromatic rings. The Kier molecular flexibility index (Phi) is 3.16. The standard InChI is InChI=1S/C13H18N2OS/c16-13(12-5-3-9-17-12)14-10-6-8-15-7-2-1-4-11(10)15/h3,5,9-11H,1-2,4,6-8H2,(H,14,16)/t10-,11-/m1/s1. The highest BCUT2D eigenvalue weighted by atomic mass is 32.1. The summed E-state index contributed by atoms with van der Waals surface area (Å²) in [6.45, 7) is 2.37. The predicted molar refractivity (Wildman–Crippen MR) is 69.4 cm³/mol. The number of piperidine rings is 1. The summed E-state index contributed by atoms with van der Waals surface area (Å²) in [5.74, 6) is 0.109. The highest BCUT2D eigenvalue weighted by Gasteiger charge is 2.36. The van der Waals surface area contributed by atoms with Crippen LogP contribution in [0, 0.1) is 0 Å². The molecule has 2 saturated heterocycles. The molecule has 0 unspecified atom stereocenters. The van der Waals surface area contributed by atoms with Crippen molar-refractivity contribution in [2.24, 2.45) is 0 Å². The molecule has 0 bridgehead atoms. The fraction of sp³-hybridized carbons (Fsp3) is 0.615. The zero-order valence-electron chi connectivity index (χ0n) is 9.89. The first kappa shape index (κ1) is 11.2. The van der Waals surface area contributed by atoms with E-state index < -0.39 is 0 Å². The first-order valence-corrected chi connectivity index (χ1v) is 7.31. The van der Waals surface area contributed by atoms with Crippen molar-refractivity contribution in [3.8, 4) is 0 Å². The molecule has 3 nitrogen and oxygen atoms in total. The molecule has 2 aliphatic rings. The molecule has 4 heteroatoms. The van der Waals surface area contributed by atoms with Gasteiger partial charge in [-0.25, -0.2) is 0 Å². The minimum Gasteiger partial charge on any atom is -0.347 e. The van der Waals surface area contributed by atoms with Gasteiger partial charge in [0.05, 0.1) is 4.88 Å². The third-order valence-corrected chi connectivity index (χ3v) is 4.79. The van der Waals surface area contributed by atoms with Crippen molar-refractivity contribution >= 4 is 17.2 Å². The molecule has 3 heterocycles. The van der Waals surface area contributed by atoms with Crippen LogP contribution in [0.1, 0.15) is 35.4 Å². The largest absolute Gasteiger partial charge is 0.347 e. The van der Waals surface area contributed by atoms with Gasteiger partial charge in [0.1, 0.15) is 0 Å². The molecule has 0 aliphatic carbocycles. The second-order valence-electron chi connectivity index (χ2n) is 4.95. The normalized spacial score (nSPS) is 28.9. The van der Waals surface area contributed by atoms with Gasteiger partial charge in [0.2, 0.25) is 0 Å². The number of rotatable bonds is 2. The Hall–Kier alpha value is -0.870. The van der Waals surface area contributed by atoms with Gasteiger partial charge in [-0.1, -0.05) is 12.5 Å². The molecule has 92 valence electrons. The smallest absolute Gasteiger partial charge is 0.261 e. The topological polar surface area (TPSA) is 32.3 Å². The number of thiophene rings is 1. The number of fused-ring (bicyclic) bond motifs is 1. The van der Waals surface area contributed by atoms with Gasteiger partial charge in [-0.15, -0.1) is 11.3 Å². The number of nitrogens with zero attached hydrogens (tertiary/aromatic N) is 1. The lowest BCUT2D eigenvalue weighted by Gasteiger charge is -2.32. The van der Waals surface area contributed by atoms with E-state index in [1.165, 1.54) is 37.1 Å². The lowest BCUT2D eigenvalue weighted by molar-refractivity contribution is 0.0919. The van der Waals surface area contributed by atoms with E-state index in [-0.39, 0.29) is 5.91 Å². The van der Waals surface area contributed by atoms with E-state index in [0.29, 0.717) is 12.1 Å². The number of hydrogen-bond acceptors (Lipinski definition) is 3. The monoisotopic (exact) mass is 250 g/mol. The lowest BCUT2D eigenvalue weighted by Crippen LogP contribution is -2.46. The van der Waals surface area contributed by atoms with Gasteiger partial charge < -0.3 is 5.32 Å². The van der Waals surface area contributed by atoms with E-state index >= 15 is 0 Å². The Balaban J connectivity index is 1.64. The van der Waals surface area contributed by atoms with Crippen LogP contribution in [-0.4, -0.2) is 36.0 Å². The molecule has 0 spiro atoms. The Bertz CT molecular complexity index is 390. The van der Waals surface area contributed by atoms with Gasteiger partial charge in [0.25, 0.3) is 5.91 Å². The van der Waals surface area contributed by atoms with Gasteiger partial charge in [0, 0.05) is 18.6 Å². The summed E-state index contributed by atoms with van der Waals surface area (Å²) in [7, 11) is 0. The molecule has 1 aromatic heterocycles. The van der Waals surface area contributed by atoms with Crippen molar-refractivity contribution in [3.63, 3.8) is 0 Å². The molecule has 1 N–H and O–H groups in total. The van der Waals surface area contributed by atoms with Crippen LogP contribution in [-0.2, 0) is 0 Å². The maximum absolute atomic E-state index is 12.0. The molecule has 1 amide bonds. The molecular formula is C13H18N2OS. The zero-order valence-corrected chi connectivity index (χ0v) is 10.7. The summed E-state index contributed by atoms with van der Waals surface area (Å²) in [6.07, 6.45) is 4.99. The van der Waals surface area contributed by atoms with Crippen LogP contribution < -0.4 is 5.32 Å². The van der Waals surface area contributed by atoms with E-state index in [1.807, 2.05) is 17.5 Å². The van der Waals surface area contributed by atoms with Crippen molar-refractivity contribution in [1.82, 2.24) is 10.2 Å². The summed E-state index contributed by atoms with van der Waals surface area (Å²) in [4.78, 5) is 15.4. The fourth-order valence-corrected chi connectivity index (χ4v) is 3.69. The molecule has 0 radical (unpaired) electrons. The summed E-state index contributed by atoms with van der Waals surface area (Å²) in [6, 6.07) is 4.78. The molecule has 0 saturated carbocycles. The molecule has 0 aromatic carbocycles. The van der Waals surface area contributed by atoms with Gasteiger partial charge in [0.15, 0.2) is 0 Å². The van der Waals surface area contributed by atoms with Crippen LogP contribution in [0.25, 0.3) is 0 Å². The van der Waals surface area contributed by atoms with Crippen LogP contribution in [0.2, 0.25) is 0 Å². The highest BCUT2D eigenvalue weighted by molar-refractivity contribution is 7.12. The zero-order chi connectivity index (χ0) is 11.7. The second-order valence-corrected chi connectivity index (χ2v) is 5.89. The summed E-state index contributed by atoms with van der Waals surface area (Å²) < 4.78 is 0. The first-order chi connectivity index (χ1) is 8.34. The summed E-state index contributed by atoms with van der Waals surface area (Å²) in [5, 5.41) is 5.17. The van der Waals surface area contributed by atoms with Gasteiger partial charge >= 0.3 is 0 Å². The van der Waals surface area contributed by atoms with E-state index in [1.54, 1.807) is 0 Å². The van der Waals surface area contributed by atoms with E-state index in [9.17, 15) is 4.79 Å². The molecule has 17 heavy (non-hydrogen) atoms. The number of carbonyl (C=O) groups excluding carboxylic acids is 1. The minimum absolute atomic E-state index is 0.109. The van der Waals surface area contributed by atoms with Crippen molar-refractivity contribution in [1.29, 1.82) is 0 Å². The lowest BCUT2D eigenvalue weighted by atomic mass is 9.99. The Labute approximate surface area is 106 Å². The van der Waals surface area contributed by atoms with E-state index in [4.69, 9.17) is 0 Å². The maximum atomic E-state index is 12.0. The quantitative estimate of drug-likeness (QED) is 0.872. The third kappa shape index (κ3) is 2.24. The van der Waals surface area contributed by atoms with Crippen molar-refractivity contribution in [3.05, 3.63) is 22.4 Å². The number of carbonyl (C=O) groups is 1. The van der Waals surface area contributed by atoms with Crippen LogP contribution in [0.4, 0.5) is 0 Å². The Morgan fingerprint density at radius 2 is 2.29 bits per heavy atom. The van der Waals surface area contributed by atoms with Crippen LogP contribution in [0.5, 0.6) is 0 Å². The fourth-order valence-electron chi connectivity index (χ4n) is 3.06. The van der Waals surface area contributed by atoms with Gasteiger partial charge in [-0.3, -0.25) is 9.69 Å². The van der Waals surface area contributed by atoms with E-state index in [2.05, 4.69) is 10.2 Å². The van der Waals surface area contributed by atoms with E-state index in [0.717, 1.165) is 17.8 Å². The average Bonchev–Trinajstić information content (AvgIpc) is 2.98. The van der Waals surface area contributed by atoms with Crippen LogP contribution >= 0.6 is 11.3 Å².